The van der Waals surface area contributed by atoms with Crippen molar-refractivity contribution in [1.29, 1.82) is 0 Å². The van der Waals surface area contributed by atoms with Crippen LogP contribution in [0.4, 0.5) is 23.9 Å². The smallest absolute Gasteiger partial charge is 0.416 e. The van der Waals surface area contributed by atoms with E-state index in [1.165, 1.54) is 21.7 Å². The number of alkyl halides is 3. The summed E-state index contributed by atoms with van der Waals surface area (Å²) in [5, 5.41) is 15.0. The Bertz CT molecular complexity index is 1180. The standard InChI is InChI=1S/C25H32F3N5O3/c1-15(16-7-9-17(10-8-16)25(26,27)28)29-22-30-18-11-14-32(23(35)36)20(24(2,3)4)19(18)21(34)33(22)31-12-5-6-13-31/h7-10,15,20H,5-6,11-14H2,1-4H3,(H,29,30)(H,35,36)/t15?,20-/m1/s1. The third kappa shape index (κ3) is 4.87. The molecule has 0 aliphatic carbocycles. The third-order valence-electron chi connectivity index (χ3n) is 6.86. The van der Waals surface area contributed by atoms with Gasteiger partial charge in [-0.3, -0.25) is 4.79 Å². The van der Waals surface area contributed by atoms with Crippen LogP contribution < -0.4 is 15.9 Å². The molecule has 1 aromatic carbocycles. The Balaban J connectivity index is 1.78. The van der Waals surface area contributed by atoms with Gasteiger partial charge < -0.3 is 20.3 Å². The van der Waals surface area contributed by atoms with E-state index in [0.29, 0.717) is 42.3 Å². The van der Waals surface area contributed by atoms with Crippen molar-refractivity contribution in [2.75, 3.05) is 30.0 Å². The second kappa shape index (κ2) is 9.33. The number of carbonyl (C=O) groups is 1. The van der Waals surface area contributed by atoms with Crippen molar-refractivity contribution in [3.05, 3.63) is 57.0 Å². The van der Waals surface area contributed by atoms with Gasteiger partial charge in [0.05, 0.1) is 28.9 Å². The lowest BCUT2D eigenvalue weighted by molar-refractivity contribution is -0.137. The average molecular weight is 508 g/mol. The minimum atomic E-state index is -4.42. The number of hydrogen-bond acceptors (Lipinski definition) is 5. The molecule has 3 heterocycles. The van der Waals surface area contributed by atoms with Crippen LogP contribution in [0.1, 0.15) is 75.0 Å². The quantitative estimate of drug-likeness (QED) is 0.619. The number of rotatable bonds is 4. The zero-order valence-electron chi connectivity index (χ0n) is 20.9. The molecule has 2 atom stereocenters. The van der Waals surface area contributed by atoms with Gasteiger partial charge in [0.15, 0.2) is 0 Å². The largest absolute Gasteiger partial charge is 0.465 e. The number of nitrogens with zero attached hydrogens (tertiary/aromatic N) is 4. The Kier molecular flexibility index (Phi) is 6.70. The van der Waals surface area contributed by atoms with Crippen molar-refractivity contribution in [3.8, 4) is 0 Å². The van der Waals surface area contributed by atoms with Crippen molar-refractivity contribution >= 4 is 12.0 Å². The molecular formula is C25H32F3N5O3. The van der Waals surface area contributed by atoms with Crippen LogP contribution in [-0.2, 0) is 12.6 Å². The lowest BCUT2D eigenvalue weighted by Gasteiger charge is -2.42. The molecule has 1 aromatic heterocycles. The number of nitrogens with one attached hydrogen (secondary N) is 1. The molecule has 36 heavy (non-hydrogen) atoms. The highest BCUT2D eigenvalue weighted by Gasteiger charge is 2.42. The van der Waals surface area contributed by atoms with Crippen molar-refractivity contribution < 1.29 is 23.1 Å². The van der Waals surface area contributed by atoms with Crippen LogP contribution in [-0.4, -0.2) is 45.4 Å². The molecule has 1 saturated heterocycles. The lowest BCUT2D eigenvalue weighted by Crippen LogP contribution is -2.51. The Morgan fingerprint density at radius 1 is 1.11 bits per heavy atom. The molecular weight excluding hydrogens is 475 g/mol. The number of hydrogen-bond donors (Lipinski definition) is 2. The van der Waals surface area contributed by atoms with Crippen LogP contribution in [0.3, 0.4) is 0 Å². The van der Waals surface area contributed by atoms with Crippen molar-refractivity contribution in [2.24, 2.45) is 5.41 Å². The third-order valence-corrected chi connectivity index (χ3v) is 6.86. The fraction of sp³-hybridized carbons (Fsp3) is 0.560. The van der Waals surface area contributed by atoms with E-state index in [0.717, 1.165) is 25.0 Å². The van der Waals surface area contributed by atoms with Gasteiger partial charge in [-0.05, 0) is 42.9 Å². The van der Waals surface area contributed by atoms with Gasteiger partial charge in [0.2, 0.25) is 5.95 Å². The Morgan fingerprint density at radius 3 is 2.25 bits per heavy atom. The second-order valence-corrected chi connectivity index (χ2v) is 10.6. The number of anilines is 1. The van der Waals surface area contributed by atoms with E-state index >= 15 is 0 Å². The summed E-state index contributed by atoms with van der Waals surface area (Å²) in [6.07, 6.45) is -3.39. The molecule has 8 nitrogen and oxygen atoms in total. The highest BCUT2D eigenvalue weighted by Crippen LogP contribution is 2.41. The number of halogens is 3. The molecule has 2 N–H and O–H groups in total. The summed E-state index contributed by atoms with van der Waals surface area (Å²) in [5.41, 5.74) is -0.0246. The number of carboxylic acid groups (broad SMARTS) is 1. The lowest BCUT2D eigenvalue weighted by atomic mass is 9.79. The monoisotopic (exact) mass is 507 g/mol. The van der Waals surface area contributed by atoms with Crippen LogP contribution in [0.25, 0.3) is 0 Å². The second-order valence-electron chi connectivity index (χ2n) is 10.6. The molecule has 1 fully saturated rings. The van der Waals surface area contributed by atoms with Crippen LogP contribution in [0.5, 0.6) is 0 Å². The van der Waals surface area contributed by atoms with Gasteiger partial charge >= 0.3 is 12.3 Å². The summed E-state index contributed by atoms with van der Waals surface area (Å²) in [6.45, 7) is 9.02. The van der Waals surface area contributed by atoms with Gasteiger partial charge in [0, 0.05) is 26.1 Å². The number of fused-ring (bicyclic) bond motifs is 1. The SMILES string of the molecule is CC(Nc1nc2c(c(=O)n1N1CCCC1)[C@H](C(C)(C)C)N(C(=O)O)CC2)c1ccc(C(F)(F)F)cc1. The van der Waals surface area contributed by atoms with E-state index in [1.807, 2.05) is 25.8 Å². The molecule has 1 amide bonds. The van der Waals surface area contributed by atoms with Crippen molar-refractivity contribution in [2.45, 2.75) is 65.2 Å². The maximum atomic E-state index is 14.0. The van der Waals surface area contributed by atoms with Crippen LogP contribution in [0.15, 0.2) is 29.1 Å². The topological polar surface area (TPSA) is 90.7 Å². The number of benzene rings is 1. The van der Waals surface area contributed by atoms with E-state index in [4.69, 9.17) is 4.98 Å². The predicted octanol–water partition coefficient (Wildman–Crippen LogP) is 4.79. The molecule has 2 aliphatic rings. The summed E-state index contributed by atoms with van der Waals surface area (Å²) in [7, 11) is 0. The molecule has 2 aliphatic heterocycles. The fourth-order valence-corrected chi connectivity index (χ4v) is 5.15. The first kappa shape index (κ1) is 25.8. The van der Waals surface area contributed by atoms with Crippen molar-refractivity contribution in [1.82, 2.24) is 14.6 Å². The summed E-state index contributed by atoms with van der Waals surface area (Å²) >= 11 is 0. The summed E-state index contributed by atoms with van der Waals surface area (Å²) in [4.78, 5) is 32.2. The first-order valence-corrected chi connectivity index (χ1v) is 12.1. The molecule has 4 rings (SSSR count). The summed E-state index contributed by atoms with van der Waals surface area (Å²) < 4.78 is 40.4. The van der Waals surface area contributed by atoms with Gasteiger partial charge in [0.1, 0.15) is 0 Å². The average Bonchev–Trinajstić information content (AvgIpc) is 3.31. The Hall–Kier alpha value is -3.24. The molecule has 2 aromatic rings. The highest BCUT2D eigenvalue weighted by atomic mass is 19.4. The van der Waals surface area contributed by atoms with Gasteiger partial charge in [-0.2, -0.15) is 17.8 Å². The Labute approximate surface area is 207 Å². The molecule has 0 saturated carbocycles. The molecule has 11 heteroatoms. The first-order chi connectivity index (χ1) is 16.8. The number of amides is 1. The van der Waals surface area contributed by atoms with Crippen LogP contribution >= 0.6 is 0 Å². The molecule has 0 bridgehead atoms. The summed E-state index contributed by atoms with van der Waals surface area (Å²) in [5.74, 6) is 0.310. The van der Waals surface area contributed by atoms with Crippen LogP contribution in [0.2, 0.25) is 0 Å². The maximum Gasteiger partial charge on any atom is 0.416 e. The minimum absolute atomic E-state index is 0.221. The minimum Gasteiger partial charge on any atom is -0.465 e. The predicted molar refractivity (Wildman–Crippen MR) is 130 cm³/mol. The Morgan fingerprint density at radius 2 is 1.72 bits per heavy atom. The van der Waals surface area contributed by atoms with Crippen molar-refractivity contribution in [3.63, 3.8) is 0 Å². The highest BCUT2D eigenvalue weighted by molar-refractivity contribution is 5.66. The normalized spacial score (nSPS) is 19.2. The summed E-state index contributed by atoms with van der Waals surface area (Å²) in [6, 6.07) is 3.82. The van der Waals surface area contributed by atoms with Gasteiger partial charge in [-0.25, -0.2) is 9.78 Å². The van der Waals surface area contributed by atoms with Crippen LogP contribution in [0, 0.1) is 5.41 Å². The van der Waals surface area contributed by atoms with E-state index in [1.54, 1.807) is 6.92 Å². The van der Waals surface area contributed by atoms with E-state index in [2.05, 4.69) is 5.32 Å². The van der Waals surface area contributed by atoms with E-state index < -0.39 is 35.3 Å². The first-order valence-electron chi connectivity index (χ1n) is 12.1. The van der Waals surface area contributed by atoms with Gasteiger partial charge in [0.25, 0.3) is 5.56 Å². The maximum absolute atomic E-state index is 14.0. The zero-order chi connectivity index (χ0) is 26.4. The molecule has 1 unspecified atom stereocenters. The van der Waals surface area contributed by atoms with E-state index in [-0.39, 0.29) is 12.1 Å². The number of aromatic nitrogens is 2. The van der Waals surface area contributed by atoms with Gasteiger partial charge in [-0.15, -0.1) is 0 Å². The zero-order valence-corrected chi connectivity index (χ0v) is 20.9. The van der Waals surface area contributed by atoms with Gasteiger partial charge in [-0.1, -0.05) is 32.9 Å². The molecule has 196 valence electrons. The molecule has 0 spiro atoms. The fourth-order valence-electron chi connectivity index (χ4n) is 5.15. The molecule has 0 radical (unpaired) electrons. The van der Waals surface area contributed by atoms with E-state index in [9.17, 15) is 27.9 Å².